The monoisotopic (exact) mass is 210 g/mol. The van der Waals surface area contributed by atoms with E-state index in [1.54, 1.807) is 0 Å². The Kier molecular flexibility index (Phi) is 6.36. The molecule has 0 N–H and O–H groups in total. The van der Waals surface area contributed by atoms with Crippen LogP contribution < -0.4 is 0 Å². The van der Waals surface area contributed by atoms with Crippen molar-refractivity contribution in [1.82, 2.24) is 0 Å². The van der Waals surface area contributed by atoms with E-state index in [1.807, 2.05) is 0 Å². The van der Waals surface area contributed by atoms with E-state index in [1.165, 1.54) is 57.8 Å². The van der Waals surface area contributed by atoms with Gasteiger partial charge in [0.1, 0.15) is 0 Å². The summed E-state index contributed by atoms with van der Waals surface area (Å²) < 4.78 is 0. The molecule has 0 aliphatic heterocycles. The molecule has 0 saturated heterocycles. The van der Waals surface area contributed by atoms with E-state index in [0.717, 1.165) is 17.8 Å². The van der Waals surface area contributed by atoms with Gasteiger partial charge >= 0.3 is 0 Å². The minimum Gasteiger partial charge on any atom is -0.0651 e. The highest BCUT2D eigenvalue weighted by atomic mass is 14.3. The number of rotatable bonds is 2. The van der Waals surface area contributed by atoms with Crippen LogP contribution in [0.5, 0.6) is 0 Å². The van der Waals surface area contributed by atoms with Gasteiger partial charge in [0.2, 0.25) is 0 Å². The third-order valence-electron chi connectivity index (χ3n) is 4.35. The molecule has 2 rings (SSSR count). The Morgan fingerprint density at radius 1 is 0.867 bits per heavy atom. The van der Waals surface area contributed by atoms with Crippen LogP contribution in [0.2, 0.25) is 0 Å². The van der Waals surface area contributed by atoms with Gasteiger partial charge in [0.25, 0.3) is 0 Å². The molecule has 2 aliphatic carbocycles. The van der Waals surface area contributed by atoms with Gasteiger partial charge in [-0.2, -0.15) is 0 Å². The Morgan fingerprint density at radius 3 is 1.73 bits per heavy atom. The van der Waals surface area contributed by atoms with Gasteiger partial charge in [-0.3, -0.25) is 0 Å². The zero-order valence-corrected chi connectivity index (χ0v) is 11.1. The van der Waals surface area contributed by atoms with Crippen LogP contribution in [-0.4, -0.2) is 0 Å². The molecule has 2 saturated carbocycles. The van der Waals surface area contributed by atoms with Gasteiger partial charge in [0, 0.05) is 0 Å². The van der Waals surface area contributed by atoms with Crippen molar-refractivity contribution in [3.05, 3.63) is 0 Å². The van der Waals surface area contributed by atoms with Crippen LogP contribution >= 0.6 is 0 Å². The van der Waals surface area contributed by atoms with E-state index in [-0.39, 0.29) is 0 Å². The molecule has 0 heteroatoms. The fourth-order valence-corrected chi connectivity index (χ4v) is 3.33. The lowest BCUT2D eigenvalue weighted by Crippen LogP contribution is -2.12. The average Bonchev–Trinajstić information content (AvgIpc) is 2.92. The van der Waals surface area contributed by atoms with E-state index in [0.29, 0.717) is 0 Å². The normalized spacial score (nSPS) is 30.4. The molecule has 0 aromatic heterocycles. The minimum atomic E-state index is 0.924. The molecule has 15 heavy (non-hydrogen) atoms. The Morgan fingerprint density at radius 2 is 1.40 bits per heavy atom. The van der Waals surface area contributed by atoms with E-state index in [2.05, 4.69) is 20.8 Å². The summed E-state index contributed by atoms with van der Waals surface area (Å²) in [6.45, 7) is 7.09. The Bertz CT molecular complexity index is 137. The van der Waals surface area contributed by atoms with Crippen LogP contribution in [0.4, 0.5) is 0 Å². The van der Waals surface area contributed by atoms with Crippen molar-refractivity contribution in [2.24, 2.45) is 17.8 Å². The maximum atomic E-state index is 2.37. The van der Waals surface area contributed by atoms with Gasteiger partial charge in [0.15, 0.2) is 0 Å². The molecule has 0 aromatic carbocycles. The summed E-state index contributed by atoms with van der Waals surface area (Å²) in [5, 5.41) is 0. The molecule has 2 aliphatic rings. The predicted molar refractivity (Wildman–Crippen MR) is 69.0 cm³/mol. The summed E-state index contributed by atoms with van der Waals surface area (Å²) in [7, 11) is 0. The summed E-state index contributed by atoms with van der Waals surface area (Å²) in [5.41, 5.74) is 0. The maximum Gasteiger partial charge on any atom is -0.0363 e. The molecule has 90 valence electrons. The summed E-state index contributed by atoms with van der Waals surface area (Å²) in [5.74, 6) is 3.03. The molecular weight excluding hydrogens is 180 g/mol. The highest BCUT2D eigenvalue weighted by Gasteiger charge is 2.27. The lowest BCUT2D eigenvalue weighted by atomic mass is 9.85. The summed E-state index contributed by atoms with van der Waals surface area (Å²) in [6.07, 6.45) is 13.4. The fraction of sp³-hybridized carbons (Fsp3) is 1.00. The first-order chi connectivity index (χ1) is 7.25. The molecular formula is C15H30. The molecule has 0 radical (unpaired) electrons. The maximum absolute atomic E-state index is 2.37. The average molecular weight is 210 g/mol. The van der Waals surface area contributed by atoms with Crippen LogP contribution in [-0.2, 0) is 0 Å². The zero-order valence-electron chi connectivity index (χ0n) is 11.1. The summed E-state index contributed by atoms with van der Waals surface area (Å²) in [6, 6.07) is 0. The number of hydrogen-bond donors (Lipinski definition) is 0. The van der Waals surface area contributed by atoms with Gasteiger partial charge in [-0.1, -0.05) is 72.1 Å². The summed E-state index contributed by atoms with van der Waals surface area (Å²) >= 11 is 0. The second kappa shape index (κ2) is 7.30. The van der Waals surface area contributed by atoms with Gasteiger partial charge in [-0.15, -0.1) is 0 Å². The van der Waals surface area contributed by atoms with Crippen molar-refractivity contribution in [3.63, 3.8) is 0 Å². The van der Waals surface area contributed by atoms with Gasteiger partial charge in [0.05, 0.1) is 0 Å². The van der Waals surface area contributed by atoms with E-state index in [9.17, 15) is 0 Å². The van der Waals surface area contributed by atoms with Crippen molar-refractivity contribution in [2.75, 3.05) is 0 Å². The van der Waals surface area contributed by atoms with Crippen LogP contribution in [0, 0.1) is 17.8 Å². The van der Waals surface area contributed by atoms with Crippen LogP contribution in [0.3, 0.4) is 0 Å². The van der Waals surface area contributed by atoms with E-state index < -0.39 is 0 Å². The predicted octanol–water partition coefficient (Wildman–Crippen LogP) is 5.42. The lowest BCUT2D eigenvalue weighted by Gasteiger charge is -2.21. The molecule has 0 amide bonds. The highest BCUT2D eigenvalue weighted by Crippen LogP contribution is 2.38. The highest BCUT2D eigenvalue weighted by molar-refractivity contribution is 4.78. The van der Waals surface area contributed by atoms with Crippen LogP contribution in [0.1, 0.15) is 78.6 Å². The van der Waals surface area contributed by atoms with Gasteiger partial charge in [-0.05, 0) is 24.2 Å². The molecule has 2 atom stereocenters. The Balaban J connectivity index is 0.000000187. The Hall–Kier alpha value is 0. The first-order valence-electron chi connectivity index (χ1n) is 7.25. The van der Waals surface area contributed by atoms with Gasteiger partial charge in [-0.25, -0.2) is 0 Å². The molecule has 0 bridgehead atoms. The number of hydrogen-bond acceptors (Lipinski definition) is 0. The van der Waals surface area contributed by atoms with Crippen LogP contribution in [0.25, 0.3) is 0 Å². The molecule has 0 heterocycles. The zero-order chi connectivity index (χ0) is 11.1. The summed E-state index contributed by atoms with van der Waals surface area (Å²) in [4.78, 5) is 0. The van der Waals surface area contributed by atoms with E-state index >= 15 is 0 Å². The second-order valence-corrected chi connectivity index (χ2v) is 5.77. The van der Waals surface area contributed by atoms with Crippen molar-refractivity contribution in [3.8, 4) is 0 Å². The largest absolute Gasteiger partial charge is 0.0651 e. The second-order valence-electron chi connectivity index (χ2n) is 5.77. The molecule has 2 unspecified atom stereocenters. The molecule has 0 aromatic rings. The molecule has 2 fully saturated rings. The minimum absolute atomic E-state index is 0.924. The third-order valence-corrected chi connectivity index (χ3v) is 4.35. The quantitative estimate of drug-likeness (QED) is 0.571. The van der Waals surface area contributed by atoms with Crippen molar-refractivity contribution < 1.29 is 0 Å². The smallest absolute Gasteiger partial charge is 0.0363 e. The third kappa shape index (κ3) is 4.57. The molecule has 0 spiro atoms. The first-order valence-corrected chi connectivity index (χ1v) is 7.25. The van der Waals surface area contributed by atoms with Crippen molar-refractivity contribution in [2.45, 2.75) is 78.6 Å². The fourth-order valence-electron chi connectivity index (χ4n) is 3.33. The lowest BCUT2D eigenvalue weighted by molar-refractivity contribution is 0.289. The Labute approximate surface area is 96.8 Å². The first kappa shape index (κ1) is 13.1. The van der Waals surface area contributed by atoms with Crippen molar-refractivity contribution in [1.29, 1.82) is 0 Å². The molecule has 0 nitrogen and oxygen atoms in total. The SMILES string of the molecule is C1CCCC1.CCC1CCCC1C(C)C. The van der Waals surface area contributed by atoms with E-state index in [4.69, 9.17) is 0 Å². The topological polar surface area (TPSA) is 0 Å². The standard InChI is InChI=1S/C10H20.C5H10/c1-4-9-6-5-7-10(9)8(2)3;1-2-4-5-3-1/h8-10H,4-7H2,1-3H3;1-5H2. The van der Waals surface area contributed by atoms with Crippen LogP contribution in [0.15, 0.2) is 0 Å². The van der Waals surface area contributed by atoms with Crippen molar-refractivity contribution >= 4 is 0 Å². The van der Waals surface area contributed by atoms with Gasteiger partial charge < -0.3 is 0 Å².